The highest BCUT2D eigenvalue weighted by molar-refractivity contribution is 7.80. The van der Waals surface area contributed by atoms with Gasteiger partial charge in [0.1, 0.15) is 5.75 Å². The highest BCUT2D eigenvalue weighted by atomic mass is 32.1. The van der Waals surface area contributed by atoms with Crippen LogP contribution in [0.15, 0.2) is 29.4 Å². The van der Waals surface area contributed by atoms with Crippen LogP contribution in [0, 0.1) is 0 Å². The molecule has 0 aliphatic heterocycles. The van der Waals surface area contributed by atoms with E-state index in [2.05, 4.69) is 22.7 Å². The Morgan fingerprint density at radius 2 is 2.29 bits per heavy atom. The Morgan fingerprint density at radius 3 is 2.86 bits per heavy atom. The lowest BCUT2D eigenvalue weighted by Gasteiger charge is -2.01. The first-order chi connectivity index (χ1) is 6.59. The molecule has 1 aromatic carbocycles. The maximum Gasteiger partial charge on any atom is 0.184 e. The Bertz CT molecular complexity index is 376. The van der Waals surface area contributed by atoms with Gasteiger partial charge in [-0.2, -0.15) is 5.10 Å². The minimum Gasteiger partial charge on any atom is -0.508 e. The third-order valence-corrected chi connectivity index (χ3v) is 1.69. The van der Waals surface area contributed by atoms with Crippen LogP contribution in [0.4, 0.5) is 0 Å². The van der Waals surface area contributed by atoms with Gasteiger partial charge in [0.05, 0.1) is 5.71 Å². The number of benzene rings is 1. The molecule has 1 aromatic rings. The fourth-order valence-corrected chi connectivity index (χ4v) is 0.980. The number of hydrogen-bond acceptors (Lipinski definition) is 3. The highest BCUT2D eigenvalue weighted by Crippen LogP contribution is 2.11. The van der Waals surface area contributed by atoms with Crippen LogP contribution in [0.1, 0.15) is 12.5 Å². The second kappa shape index (κ2) is 4.57. The molecule has 4 N–H and O–H groups in total. The predicted molar refractivity (Wildman–Crippen MR) is 60.2 cm³/mol. The fraction of sp³-hybridized carbons (Fsp3) is 0.111. The quantitative estimate of drug-likeness (QED) is 0.385. The summed E-state index contributed by atoms with van der Waals surface area (Å²) in [5.41, 5.74) is 9.21. The first kappa shape index (κ1) is 10.5. The zero-order valence-corrected chi connectivity index (χ0v) is 8.51. The monoisotopic (exact) mass is 209 g/mol. The molecule has 5 heteroatoms. The molecule has 0 saturated carbocycles. The molecule has 4 nitrogen and oxygen atoms in total. The molecule has 0 aliphatic rings. The average molecular weight is 209 g/mol. The van der Waals surface area contributed by atoms with Crippen LogP contribution in [0.5, 0.6) is 5.75 Å². The maximum atomic E-state index is 9.21. The summed E-state index contributed by atoms with van der Waals surface area (Å²) in [6.07, 6.45) is 0. The minimum atomic E-state index is 0.115. The third kappa shape index (κ3) is 3.02. The first-order valence-electron chi connectivity index (χ1n) is 3.98. The third-order valence-electron chi connectivity index (χ3n) is 1.60. The summed E-state index contributed by atoms with van der Waals surface area (Å²) in [6, 6.07) is 6.78. The molecular weight excluding hydrogens is 198 g/mol. The van der Waals surface area contributed by atoms with Gasteiger partial charge in [0, 0.05) is 5.56 Å². The van der Waals surface area contributed by atoms with Gasteiger partial charge in [0.2, 0.25) is 0 Å². The van der Waals surface area contributed by atoms with E-state index >= 15 is 0 Å². The van der Waals surface area contributed by atoms with Crippen LogP contribution in [0.2, 0.25) is 0 Å². The lowest BCUT2D eigenvalue weighted by atomic mass is 10.1. The van der Waals surface area contributed by atoms with Crippen molar-refractivity contribution in [3.8, 4) is 5.75 Å². The topological polar surface area (TPSA) is 70.6 Å². The Hall–Kier alpha value is -1.62. The molecule has 74 valence electrons. The Morgan fingerprint density at radius 1 is 1.57 bits per heavy atom. The number of rotatable bonds is 2. The summed E-state index contributed by atoms with van der Waals surface area (Å²) in [4.78, 5) is 0. The summed E-state index contributed by atoms with van der Waals surface area (Å²) in [5.74, 6) is 0.201. The Kier molecular flexibility index (Phi) is 3.41. The fourth-order valence-electron chi connectivity index (χ4n) is 0.934. The number of phenols is 1. The minimum absolute atomic E-state index is 0.115. The second-order valence-corrected chi connectivity index (χ2v) is 3.16. The van der Waals surface area contributed by atoms with E-state index in [4.69, 9.17) is 5.73 Å². The molecule has 0 radical (unpaired) electrons. The van der Waals surface area contributed by atoms with E-state index in [0.29, 0.717) is 5.71 Å². The van der Waals surface area contributed by atoms with Crippen molar-refractivity contribution < 1.29 is 5.11 Å². The summed E-state index contributed by atoms with van der Waals surface area (Å²) < 4.78 is 0. The Labute approximate surface area is 87.4 Å². The van der Waals surface area contributed by atoms with E-state index in [-0.39, 0.29) is 10.9 Å². The molecule has 0 heterocycles. The summed E-state index contributed by atoms with van der Waals surface area (Å²) in [7, 11) is 0. The van der Waals surface area contributed by atoms with Crippen molar-refractivity contribution >= 4 is 23.0 Å². The van der Waals surface area contributed by atoms with E-state index in [0.717, 1.165) is 5.56 Å². The largest absolute Gasteiger partial charge is 0.508 e. The van der Waals surface area contributed by atoms with Crippen molar-refractivity contribution in [1.29, 1.82) is 0 Å². The zero-order chi connectivity index (χ0) is 10.6. The molecule has 0 amide bonds. The van der Waals surface area contributed by atoms with Crippen LogP contribution in [0.25, 0.3) is 0 Å². The lowest BCUT2D eigenvalue weighted by Crippen LogP contribution is -2.25. The number of aromatic hydroxyl groups is 1. The van der Waals surface area contributed by atoms with Crippen LogP contribution >= 0.6 is 12.2 Å². The summed E-state index contributed by atoms with van der Waals surface area (Å²) in [6.45, 7) is 1.79. The zero-order valence-electron chi connectivity index (χ0n) is 7.69. The molecule has 0 unspecified atom stereocenters. The van der Waals surface area contributed by atoms with Gasteiger partial charge in [-0.15, -0.1) is 0 Å². The molecular formula is C9H11N3OS. The van der Waals surface area contributed by atoms with Gasteiger partial charge in [-0.25, -0.2) is 0 Å². The SMILES string of the molecule is C/C(=N\NC(N)=S)c1cccc(O)c1. The number of thiocarbonyl (C=S) groups is 1. The smallest absolute Gasteiger partial charge is 0.184 e. The number of nitrogens with two attached hydrogens (primary N) is 1. The molecule has 0 aliphatic carbocycles. The molecule has 0 spiro atoms. The molecule has 1 rings (SSSR count). The molecule has 0 fully saturated rings. The lowest BCUT2D eigenvalue weighted by molar-refractivity contribution is 0.475. The average Bonchev–Trinajstić information content (AvgIpc) is 2.14. The van der Waals surface area contributed by atoms with Crippen molar-refractivity contribution in [1.82, 2.24) is 5.43 Å². The normalized spacial score (nSPS) is 11.1. The van der Waals surface area contributed by atoms with Crippen molar-refractivity contribution in [2.24, 2.45) is 10.8 Å². The molecule has 14 heavy (non-hydrogen) atoms. The van der Waals surface area contributed by atoms with Gasteiger partial charge in [-0.1, -0.05) is 12.1 Å². The number of nitrogens with one attached hydrogen (secondary N) is 1. The van der Waals surface area contributed by atoms with E-state index < -0.39 is 0 Å². The van der Waals surface area contributed by atoms with Gasteiger partial charge >= 0.3 is 0 Å². The number of phenolic OH excluding ortho intramolecular Hbond substituents is 1. The van der Waals surface area contributed by atoms with Gasteiger partial charge in [0.25, 0.3) is 0 Å². The van der Waals surface area contributed by atoms with Crippen molar-refractivity contribution in [3.63, 3.8) is 0 Å². The standard InChI is InChI=1S/C9H11N3OS/c1-6(11-12-9(10)14)7-3-2-4-8(13)5-7/h2-5,13H,1H3,(H3,10,12,14)/b11-6+. The van der Waals surface area contributed by atoms with E-state index in [1.165, 1.54) is 0 Å². The van der Waals surface area contributed by atoms with Crippen LogP contribution in [0.3, 0.4) is 0 Å². The van der Waals surface area contributed by atoms with Gasteiger partial charge < -0.3 is 10.8 Å². The molecule has 0 aromatic heterocycles. The van der Waals surface area contributed by atoms with Gasteiger partial charge in [0.15, 0.2) is 5.11 Å². The maximum absolute atomic E-state index is 9.21. The Balaban J connectivity index is 2.83. The van der Waals surface area contributed by atoms with Crippen molar-refractivity contribution in [2.45, 2.75) is 6.92 Å². The van der Waals surface area contributed by atoms with Crippen molar-refractivity contribution in [3.05, 3.63) is 29.8 Å². The molecule has 0 atom stereocenters. The number of hydrazone groups is 1. The van der Waals surface area contributed by atoms with Gasteiger partial charge in [-0.3, -0.25) is 5.43 Å². The number of nitrogens with zero attached hydrogens (tertiary/aromatic N) is 1. The molecule has 0 bridgehead atoms. The highest BCUT2D eigenvalue weighted by Gasteiger charge is 1.97. The summed E-state index contributed by atoms with van der Waals surface area (Å²) >= 11 is 4.60. The van der Waals surface area contributed by atoms with E-state index in [1.54, 1.807) is 25.1 Å². The second-order valence-electron chi connectivity index (χ2n) is 2.72. The van der Waals surface area contributed by atoms with Gasteiger partial charge in [-0.05, 0) is 31.3 Å². The van der Waals surface area contributed by atoms with Crippen LogP contribution < -0.4 is 11.2 Å². The van der Waals surface area contributed by atoms with Crippen LogP contribution in [-0.2, 0) is 0 Å². The predicted octanol–water partition coefficient (Wildman–Crippen LogP) is 0.949. The van der Waals surface area contributed by atoms with Crippen molar-refractivity contribution in [2.75, 3.05) is 0 Å². The van der Waals surface area contributed by atoms with E-state index in [9.17, 15) is 5.11 Å². The molecule has 0 saturated heterocycles. The van der Waals surface area contributed by atoms with Crippen LogP contribution in [-0.4, -0.2) is 15.9 Å². The summed E-state index contributed by atoms with van der Waals surface area (Å²) in [5, 5.41) is 13.3. The number of hydrogen-bond donors (Lipinski definition) is 3. The van der Waals surface area contributed by atoms with E-state index in [1.807, 2.05) is 6.07 Å². The first-order valence-corrected chi connectivity index (χ1v) is 4.39.